The smallest absolute Gasteiger partial charge is 0.331 e. The van der Waals surface area contributed by atoms with Crippen LogP contribution in [0.15, 0.2) is 60.3 Å². The number of aromatic nitrogens is 1. The number of carboxylic acids is 1. The van der Waals surface area contributed by atoms with Gasteiger partial charge >= 0.3 is 5.97 Å². The molecule has 0 saturated heterocycles. The van der Waals surface area contributed by atoms with Crippen molar-refractivity contribution in [1.82, 2.24) is 4.98 Å². The number of hydrogen-bond acceptors (Lipinski definition) is 4. The lowest BCUT2D eigenvalue weighted by atomic mass is 10.1. The lowest BCUT2D eigenvalue weighted by Crippen LogP contribution is -1.98. The summed E-state index contributed by atoms with van der Waals surface area (Å²) >= 11 is 12.5. The van der Waals surface area contributed by atoms with E-state index in [2.05, 4.69) is 4.98 Å². The van der Waals surface area contributed by atoms with Crippen molar-refractivity contribution in [1.29, 1.82) is 0 Å². The van der Waals surface area contributed by atoms with E-state index in [-0.39, 0.29) is 5.57 Å². The summed E-state index contributed by atoms with van der Waals surface area (Å²) in [7, 11) is 0. The molecule has 0 unspecified atom stereocenters. The van der Waals surface area contributed by atoms with Crippen molar-refractivity contribution in [3.63, 3.8) is 0 Å². The molecule has 0 fully saturated rings. The van der Waals surface area contributed by atoms with Crippen LogP contribution in [0.1, 0.15) is 23.6 Å². The highest BCUT2D eigenvalue weighted by molar-refractivity contribution is 6.32. The Morgan fingerprint density at radius 2 is 1.90 bits per heavy atom. The van der Waals surface area contributed by atoms with Crippen molar-refractivity contribution in [2.75, 3.05) is 0 Å². The second-order valence-corrected chi connectivity index (χ2v) is 7.41. The summed E-state index contributed by atoms with van der Waals surface area (Å²) in [5, 5.41) is 10.0. The maximum atomic E-state index is 11.0. The van der Waals surface area contributed by atoms with Crippen LogP contribution in [-0.2, 0) is 11.4 Å². The molecule has 0 spiro atoms. The minimum Gasteiger partial charge on any atom is -0.487 e. The van der Waals surface area contributed by atoms with Gasteiger partial charge in [0.15, 0.2) is 5.75 Å². The fourth-order valence-corrected chi connectivity index (χ4v) is 3.18. The van der Waals surface area contributed by atoms with Crippen LogP contribution in [0.25, 0.3) is 6.08 Å². The fraction of sp³-hybridized carbons (Fsp3) is 0.130. The minimum absolute atomic E-state index is 0.216. The molecular weight excluding hydrogens is 425 g/mol. The van der Waals surface area contributed by atoms with Gasteiger partial charge in [-0.1, -0.05) is 41.4 Å². The van der Waals surface area contributed by atoms with Crippen LogP contribution in [0.5, 0.6) is 17.4 Å². The van der Waals surface area contributed by atoms with Crippen molar-refractivity contribution in [2.24, 2.45) is 0 Å². The van der Waals surface area contributed by atoms with Gasteiger partial charge < -0.3 is 14.6 Å². The van der Waals surface area contributed by atoms with E-state index < -0.39 is 5.97 Å². The Labute approximate surface area is 184 Å². The maximum Gasteiger partial charge on any atom is 0.331 e. The van der Waals surface area contributed by atoms with E-state index in [0.29, 0.717) is 39.6 Å². The topological polar surface area (TPSA) is 68.7 Å². The zero-order chi connectivity index (χ0) is 21.7. The first kappa shape index (κ1) is 21.7. The monoisotopic (exact) mass is 443 g/mol. The first-order valence-electron chi connectivity index (χ1n) is 9.05. The molecule has 30 heavy (non-hydrogen) atoms. The Hall–Kier alpha value is -3.02. The molecule has 0 atom stereocenters. The zero-order valence-electron chi connectivity index (χ0n) is 16.4. The van der Waals surface area contributed by atoms with E-state index in [1.54, 1.807) is 36.5 Å². The number of nitrogens with zero attached hydrogens (tertiary/aromatic N) is 1. The molecule has 0 aliphatic carbocycles. The number of aryl methyl sites for hydroxylation is 1. The Morgan fingerprint density at radius 1 is 1.13 bits per heavy atom. The lowest BCUT2D eigenvalue weighted by molar-refractivity contribution is -0.132. The first-order valence-corrected chi connectivity index (χ1v) is 9.81. The van der Waals surface area contributed by atoms with Gasteiger partial charge in [-0.05, 0) is 55.3 Å². The number of benzene rings is 2. The Kier molecular flexibility index (Phi) is 6.98. The van der Waals surface area contributed by atoms with Crippen LogP contribution in [0.2, 0.25) is 10.0 Å². The van der Waals surface area contributed by atoms with Gasteiger partial charge in [0.2, 0.25) is 5.88 Å². The van der Waals surface area contributed by atoms with Crippen LogP contribution in [0, 0.1) is 6.92 Å². The van der Waals surface area contributed by atoms with Gasteiger partial charge in [-0.2, -0.15) is 0 Å². The zero-order valence-corrected chi connectivity index (χ0v) is 17.9. The largest absolute Gasteiger partial charge is 0.487 e. The summed E-state index contributed by atoms with van der Waals surface area (Å²) in [4.78, 5) is 15.3. The standard InChI is InChI=1S/C23H19Cl2NO4/c1-14-9-16(10-15(2)23(27)28)11-20(25)22(14)30-21-8-7-18(12-26-21)29-13-17-5-3-4-6-19(17)24/h3-12H,13H2,1-2H3,(H,27,28)/b15-10+. The van der Waals surface area contributed by atoms with Crippen molar-refractivity contribution in [2.45, 2.75) is 20.5 Å². The molecule has 0 aliphatic rings. The number of ether oxygens (including phenoxy) is 2. The summed E-state index contributed by atoms with van der Waals surface area (Å²) in [6.45, 7) is 3.68. The predicted molar refractivity (Wildman–Crippen MR) is 118 cm³/mol. The highest BCUT2D eigenvalue weighted by atomic mass is 35.5. The van der Waals surface area contributed by atoms with Crippen LogP contribution < -0.4 is 9.47 Å². The van der Waals surface area contributed by atoms with Crippen molar-refractivity contribution >= 4 is 35.2 Å². The predicted octanol–water partition coefficient (Wildman–Crippen LogP) is 6.56. The third-order valence-corrected chi connectivity index (χ3v) is 4.89. The molecule has 1 heterocycles. The third-order valence-electron chi connectivity index (χ3n) is 4.24. The highest BCUT2D eigenvalue weighted by Crippen LogP contribution is 2.34. The lowest BCUT2D eigenvalue weighted by Gasteiger charge is -2.12. The molecule has 5 nitrogen and oxygen atoms in total. The van der Waals surface area contributed by atoms with E-state index in [1.165, 1.54) is 6.92 Å². The minimum atomic E-state index is -0.981. The number of carboxylic acid groups (broad SMARTS) is 1. The number of halogens is 2. The molecule has 1 N–H and O–H groups in total. The number of aliphatic carboxylic acids is 1. The molecular formula is C23H19Cl2NO4. The van der Waals surface area contributed by atoms with Gasteiger partial charge in [0, 0.05) is 22.2 Å². The highest BCUT2D eigenvalue weighted by Gasteiger charge is 2.11. The average Bonchev–Trinajstić information content (AvgIpc) is 2.71. The van der Waals surface area contributed by atoms with E-state index >= 15 is 0 Å². The molecule has 0 aliphatic heterocycles. The van der Waals surface area contributed by atoms with Crippen LogP contribution >= 0.6 is 23.2 Å². The van der Waals surface area contributed by atoms with E-state index in [1.807, 2.05) is 31.2 Å². The molecule has 1 aromatic heterocycles. The van der Waals surface area contributed by atoms with Crippen LogP contribution in [-0.4, -0.2) is 16.1 Å². The van der Waals surface area contributed by atoms with Gasteiger partial charge in [0.1, 0.15) is 12.4 Å². The normalized spacial score (nSPS) is 11.3. The second-order valence-electron chi connectivity index (χ2n) is 6.60. The quantitative estimate of drug-likeness (QED) is 0.418. The van der Waals surface area contributed by atoms with E-state index in [9.17, 15) is 4.79 Å². The van der Waals surface area contributed by atoms with Crippen molar-refractivity contribution < 1.29 is 19.4 Å². The van der Waals surface area contributed by atoms with Gasteiger partial charge in [-0.3, -0.25) is 0 Å². The average molecular weight is 444 g/mol. The molecule has 2 aromatic carbocycles. The van der Waals surface area contributed by atoms with Gasteiger partial charge in [-0.15, -0.1) is 0 Å². The molecule has 3 aromatic rings. The Bertz CT molecular complexity index is 1070. The molecule has 3 rings (SSSR count). The molecule has 0 bridgehead atoms. The third kappa shape index (κ3) is 5.53. The summed E-state index contributed by atoms with van der Waals surface area (Å²) in [6, 6.07) is 14.3. The summed E-state index contributed by atoms with van der Waals surface area (Å²) in [5.74, 6) is 0.411. The molecule has 0 saturated carbocycles. The Balaban J connectivity index is 1.70. The van der Waals surface area contributed by atoms with Crippen LogP contribution in [0.3, 0.4) is 0 Å². The number of rotatable bonds is 7. The van der Waals surface area contributed by atoms with E-state index in [4.69, 9.17) is 37.8 Å². The SMILES string of the molecule is C/C(=C\c1cc(C)c(Oc2ccc(OCc3ccccc3Cl)cn2)c(Cl)c1)C(=O)O. The van der Waals surface area contributed by atoms with E-state index in [0.717, 1.165) is 11.1 Å². The summed E-state index contributed by atoms with van der Waals surface area (Å²) in [5.41, 5.74) is 2.54. The molecule has 7 heteroatoms. The maximum absolute atomic E-state index is 11.0. The van der Waals surface area contributed by atoms with Gasteiger partial charge in [-0.25, -0.2) is 9.78 Å². The first-order chi connectivity index (χ1) is 14.3. The molecule has 0 amide bonds. The van der Waals surface area contributed by atoms with Crippen LogP contribution in [0.4, 0.5) is 0 Å². The van der Waals surface area contributed by atoms with Gasteiger partial charge in [0.05, 0.1) is 11.2 Å². The number of hydrogen-bond donors (Lipinski definition) is 1. The van der Waals surface area contributed by atoms with Gasteiger partial charge in [0.25, 0.3) is 0 Å². The molecule has 154 valence electrons. The fourth-order valence-electron chi connectivity index (χ4n) is 2.68. The van der Waals surface area contributed by atoms with Crippen molar-refractivity contribution in [3.05, 3.63) is 87.0 Å². The second kappa shape index (κ2) is 9.65. The molecule has 0 radical (unpaired) electrons. The summed E-state index contributed by atoms with van der Waals surface area (Å²) in [6.07, 6.45) is 3.11. The number of carbonyl (C=O) groups is 1. The number of pyridine rings is 1. The van der Waals surface area contributed by atoms with Crippen molar-refractivity contribution in [3.8, 4) is 17.4 Å². The Morgan fingerprint density at radius 3 is 2.53 bits per heavy atom. The summed E-state index contributed by atoms with van der Waals surface area (Å²) < 4.78 is 11.5.